The van der Waals surface area contributed by atoms with Gasteiger partial charge >= 0.3 is 124 Å². The van der Waals surface area contributed by atoms with Crippen LogP contribution >= 0.6 is 75.5 Å². The van der Waals surface area contributed by atoms with Gasteiger partial charge in [0.15, 0.2) is 24.9 Å². The summed E-state index contributed by atoms with van der Waals surface area (Å²) in [7, 11) is -30.2. The molecule has 0 spiro atoms. The number of aliphatic hydroxyl groups excluding tert-OH is 9. The molecule has 0 bridgehead atoms. The molecule has 20 atom stereocenters. The van der Waals surface area contributed by atoms with Crippen molar-refractivity contribution in [2.45, 2.75) is 149 Å². The highest BCUT2D eigenvalue weighted by atomic mass is 35.9. The molecule has 0 aliphatic carbocycles. The number of nitrogens with one attached hydrogen (secondary N) is 4. The van der Waals surface area contributed by atoms with Crippen molar-refractivity contribution >= 4 is 99.1 Å². The van der Waals surface area contributed by atoms with Gasteiger partial charge in [-0.3, -0.25) is 90.2 Å². The smallest absolute Gasteiger partial charge is 0.394 e. The van der Waals surface area contributed by atoms with Gasteiger partial charge in [0.2, 0.25) is 0 Å². The minimum absolute atomic E-state index is 0.103. The molecule has 79 heteroatoms. The van der Waals surface area contributed by atoms with Gasteiger partial charge in [-0.2, -0.15) is 74.2 Å². The third-order valence-corrected chi connectivity index (χ3v) is 27.2. The van der Waals surface area contributed by atoms with E-state index in [0.29, 0.717) is 37.7 Å². The first-order valence-corrected chi connectivity index (χ1v) is 46.6. The molecule has 8 unspecified atom stereocenters. The molecule has 4 aromatic rings. The number of H-pyrrole nitrogens is 4. The molecule has 0 radical (unpaired) electrons. The van der Waals surface area contributed by atoms with E-state index < -0.39 is 314 Å². The minimum atomic E-state index is -5.86. The van der Waals surface area contributed by atoms with Crippen LogP contribution in [0.15, 0.2) is 63.1 Å². The van der Waals surface area contributed by atoms with Gasteiger partial charge in [-0.1, -0.05) is 0 Å². The molecule has 4 amide bonds. The van der Waals surface area contributed by atoms with E-state index in [1.807, 2.05) is 9.97 Å². The van der Waals surface area contributed by atoms with E-state index in [1.54, 1.807) is 9.97 Å². The molecular weight excluding hydrogens is 2040 g/mol. The van der Waals surface area contributed by atoms with E-state index in [0.717, 1.165) is 33.5 Å². The summed E-state index contributed by atoms with van der Waals surface area (Å²) >= 11 is 10.4. The van der Waals surface area contributed by atoms with Gasteiger partial charge in [0.25, 0.3) is 22.2 Å². The van der Waals surface area contributed by atoms with Crippen LogP contribution in [0, 0.1) is 0 Å². The van der Waals surface area contributed by atoms with Crippen molar-refractivity contribution in [3.8, 4) is 0 Å². The number of hydrogen-bond acceptors (Lipinski definition) is 40. The fourth-order valence-electron chi connectivity index (χ4n) is 11.2. The lowest BCUT2D eigenvalue weighted by molar-refractivity contribution is -0.184. The number of rotatable bonds is 26. The summed E-state index contributed by atoms with van der Waals surface area (Å²) in [6, 6.07) is 0. The zero-order valence-corrected chi connectivity index (χ0v) is 72.3. The summed E-state index contributed by atoms with van der Waals surface area (Å²) in [4.78, 5) is 203. The monoisotopic (exact) mass is 2110 g/mol. The Morgan fingerprint density at radius 2 is 0.656 bits per heavy atom. The van der Waals surface area contributed by atoms with E-state index in [2.05, 4.69) is 35.1 Å². The number of carbonyl (C=O) groups excluding carboxylic acids is 4. The second-order valence-electron chi connectivity index (χ2n) is 26.8. The Hall–Kier alpha value is -7.13. The molecule has 5 aliphatic heterocycles. The number of ether oxygens (including phenoxy) is 4. The van der Waals surface area contributed by atoms with Crippen molar-refractivity contribution in [2.75, 3.05) is 54.6 Å². The Bertz CT molecular complexity index is 5720. The fraction of sp³-hybridized carbons (Fsp3) is 0.615. The average molecular weight is 2110 g/mol. The molecule has 9 rings (SSSR count). The molecule has 131 heavy (non-hydrogen) atoms. The topological polar surface area (TPSA) is 834 Å². The largest absolute Gasteiger partial charge is 0.492 e. The second-order valence-corrected chi connectivity index (χ2v) is 40.5. The maximum atomic E-state index is 12.6. The zero-order valence-electron chi connectivity index (χ0n) is 64.6. The summed E-state index contributed by atoms with van der Waals surface area (Å²) in [5.74, 6) is -9.05. The van der Waals surface area contributed by atoms with Crippen molar-refractivity contribution in [2.24, 2.45) is 0 Å². The van der Waals surface area contributed by atoms with E-state index in [1.165, 1.54) is 0 Å². The van der Waals surface area contributed by atoms with Crippen molar-refractivity contribution in [1.29, 1.82) is 0 Å². The first-order valence-electron chi connectivity index (χ1n) is 34.2. The molecule has 744 valence electrons. The van der Waals surface area contributed by atoms with Gasteiger partial charge < -0.3 is 118 Å². The van der Waals surface area contributed by atoms with Crippen LogP contribution in [-0.2, 0) is 131 Å². The number of phosphoric acid groups is 6. The van der Waals surface area contributed by atoms with Crippen molar-refractivity contribution in [1.82, 2.24) is 57.8 Å². The quantitative estimate of drug-likeness (QED) is 0.0207. The number of halogens is 14. The summed E-state index contributed by atoms with van der Waals surface area (Å²) < 4.78 is 286. The zero-order chi connectivity index (χ0) is 100. The highest BCUT2D eigenvalue weighted by Crippen LogP contribution is 2.80. The standard InChI is InChI=1S/C13H15Cl2F3N3O8P.C13H19F3N3O16P3.C13H17F3N3O15P3.C13H16F3N3O7/c1-20(11(25)13(16,17)18)2-5-3-21(12(26)19-9(5)24)10-8(23)7(22)6(29-10)4-28-30(14,15)27;1-18(11(23)13(14,15)16)2-5-3-19(12(24)17-9(5)22)10-8(21)7(20)6(33-10)4-32-37(28,29)35-38(30,31)34-36(25,26)27;1-18(11(23)13(14,15)16)2-5-3-19(12(24)17-9(5)22)10-8(21)7(20)6(31-10)4-30-37(29)33-35(25,26)32-36(27,28)34-37;1-18(11(24)13(14,15)16)2-5-3-19(12(25)17-9(5)23)10-8(22)7(21)6(4-20)26-10/h3,6-8,10,22-23H,2,4H2,1H3,(H,19,24,26);3,6-8,10,20-21H,2,4H2,1H3,(H,28,29)(H,30,31)(H,17,22,24)(H2,25,26,27);3,6-8,10,20-21H,2,4H2,1H3,(H,25,26)(H,27,28)(H,17,22,24);3,6-8,10,20-22H,2,4H2,1H3,(H,17,23,25)/t4*6-,7?,8+,10-/m1111/s1. The van der Waals surface area contributed by atoms with Crippen molar-refractivity contribution in [3.63, 3.8) is 0 Å². The van der Waals surface area contributed by atoms with E-state index >= 15 is 0 Å². The highest BCUT2D eigenvalue weighted by Gasteiger charge is 2.57. The first kappa shape index (κ1) is 113. The Morgan fingerprint density at radius 1 is 0.412 bits per heavy atom. The number of aliphatic hydroxyl groups is 9. The molecule has 4 aromatic heterocycles. The Kier molecular flexibility index (Phi) is 36.7. The number of amides is 4. The third-order valence-electron chi connectivity index (χ3n) is 17.0. The van der Waals surface area contributed by atoms with Gasteiger partial charge in [-0.15, -0.1) is 0 Å². The molecule has 0 saturated carbocycles. The van der Waals surface area contributed by atoms with E-state index in [4.69, 9.17) is 61.2 Å². The summed E-state index contributed by atoms with van der Waals surface area (Å²) in [6.07, 6.45) is -49.5. The molecule has 9 heterocycles. The lowest BCUT2D eigenvalue weighted by atomic mass is 10.1. The fourth-order valence-corrected chi connectivity index (χ4v) is 19.8. The van der Waals surface area contributed by atoms with Crippen LogP contribution in [0.4, 0.5) is 52.7 Å². The predicted octanol–water partition coefficient (Wildman–Crippen LogP) is -4.97. The Balaban J connectivity index is 0.000000272. The van der Waals surface area contributed by atoms with E-state index in [9.17, 15) is 198 Å². The van der Waals surface area contributed by atoms with Crippen LogP contribution in [0.25, 0.3) is 0 Å². The van der Waals surface area contributed by atoms with Crippen LogP contribution in [-0.4, -0.2) is 309 Å². The maximum Gasteiger partial charge on any atom is 0.492 e. The van der Waals surface area contributed by atoms with Gasteiger partial charge in [0.05, 0.1) is 74.9 Å². The molecule has 19 N–H and O–H groups in total. The lowest BCUT2D eigenvalue weighted by Gasteiger charge is -2.27. The van der Waals surface area contributed by atoms with Crippen molar-refractivity contribution in [3.05, 3.63) is 130 Å². The second kappa shape index (κ2) is 42.6. The van der Waals surface area contributed by atoms with E-state index in [-0.39, 0.29) is 25.2 Å². The molecular formula is C52H67Cl2F12N12O46P7. The van der Waals surface area contributed by atoms with Crippen LogP contribution in [0.1, 0.15) is 47.2 Å². The van der Waals surface area contributed by atoms with Gasteiger partial charge in [-0.05, 0) is 22.5 Å². The minimum Gasteiger partial charge on any atom is -0.394 e. The van der Waals surface area contributed by atoms with Crippen LogP contribution in [0.3, 0.4) is 0 Å². The number of nitrogens with zero attached hydrogens (tertiary/aromatic N) is 8. The van der Waals surface area contributed by atoms with Gasteiger partial charge in [0.1, 0.15) is 73.2 Å². The maximum absolute atomic E-state index is 12.6. The van der Waals surface area contributed by atoms with Crippen molar-refractivity contribution < 1.29 is 233 Å². The number of phosphoric ester groups is 1. The van der Waals surface area contributed by atoms with Crippen LogP contribution in [0.2, 0.25) is 0 Å². The Labute approximate surface area is 721 Å². The molecule has 5 fully saturated rings. The number of aromatic nitrogens is 8. The summed E-state index contributed by atoms with van der Waals surface area (Å²) in [6.45, 7) is -7.14. The average Bonchev–Trinajstić information content (AvgIpc) is 1.76. The molecule has 5 saturated heterocycles. The molecule has 58 nitrogen and oxygen atoms in total. The SMILES string of the molecule is CN(Cc1cn([C@@H]2O[C@H](CO)C(O)[C@@H]2O)c(=O)[nH]c1=O)C(=O)C(F)(F)F.CN(Cc1cn([C@@H]2O[C@H](COP(=O)(Cl)Cl)C(O)[C@@H]2O)c(=O)[nH]c1=O)C(=O)C(F)(F)F.CN(Cc1cn([C@@H]2O[C@H](COP(=O)(O)OP(=O)(O)OP(=O)(O)O)C(O)[C@@H]2O)c(=O)[nH]c1=O)C(=O)C(F)(F)F.CN(Cc1cn([C@@H]2O[C@H](COP3(=O)OP(=O)(O)OP(=O)(O)O3)C(O)[C@@H]2O)c(=O)[nH]c1=O)C(=O)C(F)(F)F. The van der Waals surface area contributed by atoms with Gasteiger partial charge in [0, 0.05) is 53.0 Å². The third kappa shape index (κ3) is 30.4. The summed E-state index contributed by atoms with van der Waals surface area (Å²) in [5, 5.41) is 89.7. The predicted molar refractivity (Wildman–Crippen MR) is 388 cm³/mol. The first-order chi connectivity index (χ1) is 59.3. The molecule has 0 aromatic carbocycles. The number of hydrogen-bond donors (Lipinski definition) is 19. The Morgan fingerprint density at radius 3 is 0.893 bits per heavy atom. The lowest BCUT2D eigenvalue weighted by Crippen LogP contribution is -2.42. The van der Waals surface area contributed by atoms with Crippen LogP contribution < -0.4 is 45.0 Å². The van der Waals surface area contributed by atoms with Crippen LogP contribution in [0.5, 0.6) is 0 Å². The number of aromatic amines is 4. The summed E-state index contributed by atoms with van der Waals surface area (Å²) in [5.41, 5.74) is -11.2. The normalized spacial score (nSPS) is 28.6. The molecule has 5 aliphatic rings. The number of alkyl halides is 12. The van der Waals surface area contributed by atoms with Gasteiger partial charge in [-0.25, -0.2) is 46.6 Å². The highest BCUT2D eigenvalue weighted by molar-refractivity contribution is 8.05. The number of carbonyl (C=O) groups is 4.